The van der Waals surface area contributed by atoms with Crippen molar-refractivity contribution in [2.75, 3.05) is 0 Å². The van der Waals surface area contributed by atoms with Gasteiger partial charge in [-0.3, -0.25) is 5.73 Å². The van der Waals surface area contributed by atoms with Crippen molar-refractivity contribution in [1.82, 2.24) is 0 Å². The van der Waals surface area contributed by atoms with Crippen LogP contribution in [-0.2, 0) is 0 Å². The maximum absolute atomic E-state index is 10.6. The first-order chi connectivity index (χ1) is 2.00. The molecular formula is CH2ClF2N. The van der Waals surface area contributed by atoms with E-state index in [9.17, 15) is 8.78 Å². The van der Waals surface area contributed by atoms with Crippen LogP contribution in [-0.4, -0.2) is 5.51 Å². The van der Waals surface area contributed by atoms with Crippen LogP contribution in [0.5, 0.6) is 0 Å². The summed E-state index contributed by atoms with van der Waals surface area (Å²) in [5.41, 5.74) is 0.258. The van der Waals surface area contributed by atoms with Crippen molar-refractivity contribution in [3.05, 3.63) is 0 Å². The molecule has 0 aliphatic carbocycles. The molecule has 0 aromatic rings. The molecule has 0 saturated heterocycles. The van der Waals surface area contributed by atoms with Crippen molar-refractivity contribution in [3.63, 3.8) is 0 Å². The number of alkyl halides is 3. The summed E-state index contributed by atoms with van der Waals surface area (Å²) in [6.07, 6.45) is 0. The van der Waals surface area contributed by atoms with Crippen LogP contribution in [0.25, 0.3) is 0 Å². The highest BCUT2D eigenvalue weighted by Gasteiger charge is 2.13. The zero-order valence-corrected chi connectivity index (χ0v) is 2.97. The number of hydrogen-bond acceptors (Lipinski definition) is 1. The van der Waals surface area contributed by atoms with E-state index < -0.39 is 5.51 Å². The lowest BCUT2D eigenvalue weighted by Crippen LogP contribution is -2.18. The monoisotopic (exact) mass is 101 g/mol. The second kappa shape index (κ2) is 1.06. The van der Waals surface area contributed by atoms with Gasteiger partial charge in [-0.15, -0.1) is 0 Å². The first-order valence-corrected chi connectivity index (χ1v) is 1.23. The van der Waals surface area contributed by atoms with E-state index in [2.05, 4.69) is 17.3 Å². The molecule has 0 atom stereocenters. The van der Waals surface area contributed by atoms with Crippen molar-refractivity contribution < 1.29 is 8.78 Å². The van der Waals surface area contributed by atoms with Crippen molar-refractivity contribution in [3.8, 4) is 0 Å². The topological polar surface area (TPSA) is 26.0 Å². The van der Waals surface area contributed by atoms with Gasteiger partial charge in [0.25, 0.3) is 0 Å². The minimum atomic E-state index is -3.53. The van der Waals surface area contributed by atoms with E-state index >= 15 is 0 Å². The van der Waals surface area contributed by atoms with Gasteiger partial charge < -0.3 is 0 Å². The van der Waals surface area contributed by atoms with E-state index in [0.717, 1.165) is 0 Å². The molecule has 0 amide bonds. The molecule has 0 unspecified atom stereocenters. The van der Waals surface area contributed by atoms with Crippen LogP contribution in [0, 0.1) is 0 Å². The lowest BCUT2D eigenvalue weighted by atomic mass is 11.3. The summed E-state index contributed by atoms with van der Waals surface area (Å²) in [6.45, 7) is 0. The highest BCUT2D eigenvalue weighted by molar-refractivity contribution is 6.21. The predicted octanol–water partition coefficient (Wildman–Crippen LogP) is 0.734. The van der Waals surface area contributed by atoms with Gasteiger partial charge in [0.15, 0.2) is 0 Å². The van der Waals surface area contributed by atoms with Crippen molar-refractivity contribution in [2.24, 2.45) is 5.73 Å². The minimum Gasteiger partial charge on any atom is -0.258 e. The summed E-state index contributed by atoms with van der Waals surface area (Å²) in [5.74, 6) is 0. The Morgan fingerprint density at radius 1 is 1.60 bits per heavy atom. The molecule has 4 heteroatoms. The SMILES string of the molecule is NC(F)(F)Cl. The Labute approximate surface area is 32.7 Å². The van der Waals surface area contributed by atoms with Crippen LogP contribution in [0.15, 0.2) is 0 Å². The Bertz CT molecular complexity index is 25.1. The maximum Gasteiger partial charge on any atom is 0.380 e. The Kier molecular flexibility index (Phi) is 1.09. The molecule has 0 bridgehead atoms. The smallest absolute Gasteiger partial charge is 0.258 e. The molecule has 2 N–H and O–H groups in total. The number of nitrogens with two attached hydrogens (primary N) is 1. The molecule has 0 aromatic heterocycles. The van der Waals surface area contributed by atoms with E-state index in [-0.39, 0.29) is 0 Å². The fraction of sp³-hybridized carbons (Fsp3) is 1.00. The Morgan fingerprint density at radius 2 is 1.60 bits per heavy atom. The molecule has 0 spiro atoms. The summed E-state index contributed by atoms with van der Waals surface area (Å²) < 4.78 is 21.1. The average molecular weight is 101 g/mol. The van der Waals surface area contributed by atoms with E-state index in [1.54, 1.807) is 0 Å². The van der Waals surface area contributed by atoms with Crippen LogP contribution in [0.3, 0.4) is 0 Å². The normalized spacial score (nSPS) is 12.0. The highest BCUT2D eigenvalue weighted by atomic mass is 35.5. The van der Waals surface area contributed by atoms with Gasteiger partial charge in [0.05, 0.1) is 0 Å². The zero-order chi connectivity index (χ0) is 4.50. The van der Waals surface area contributed by atoms with Crippen LogP contribution in [0.2, 0.25) is 0 Å². The summed E-state index contributed by atoms with van der Waals surface area (Å²) in [7, 11) is 0. The lowest BCUT2D eigenvalue weighted by molar-refractivity contribution is 0.105. The zero-order valence-electron chi connectivity index (χ0n) is 2.21. The van der Waals surface area contributed by atoms with E-state index in [1.165, 1.54) is 0 Å². The molecular weight excluding hydrogens is 99.5 g/mol. The van der Waals surface area contributed by atoms with Gasteiger partial charge in [0.1, 0.15) is 0 Å². The molecule has 0 aliphatic heterocycles. The minimum absolute atomic E-state index is 3.53. The molecule has 5 heavy (non-hydrogen) atoms. The first-order valence-electron chi connectivity index (χ1n) is 0.856. The third-order valence-electron chi connectivity index (χ3n) is 0. The fourth-order valence-corrected chi connectivity index (χ4v) is 0. The van der Waals surface area contributed by atoms with E-state index in [1.807, 2.05) is 0 Å². The molecule has 32 valence electrons. The molecule has 0 fully saturated rings. The molecule has 0 saturated carbocycles. The van der Waals surface area contributed by atoms with Crippen molar-refractivity contribution >= 4 is 11.6 Å². The van der Waals surface area contributed by atoms with Crippen LogP contribution in [0.1, 0.15) is 0 Å². The largest absolute Gasteiger partial charge is 0.380 e. The summed E-state index contributed by atoms with van der Waals surface area (Å²) in [4.78, 5) is 0. The Morgan fingerprint density at radius 3 is 1.60 bits per heavy atom. The van der Waals surface area contributed by atoms with Gasteiger partial charge >= 0.3 is 5.51 Å². The summed E-state index contributed by atoms with van der Waals surface area (Å²) in [5, 5.41) is 0. The van der Waals surface area contributed by atoms with Crippen molar-refractivity contribution in [1.29, 1.82) is 0 Å². The third kappa shape index (κ3) is 1510. The fourth-order valence-electron chi connectivity index (χ4n) is 0. The van der Waals surface area contributed by atoms with Gasteiger partial charge in [0, 0.05) is 0 Å². The van der Waals surface area contributed by atoms with Gasteiger partial charge in [-0.25, -0.2) is 0 Å². The first kappa shape index (κ1) is 5.11. The molecule has 0 rings (SSSR count). The van der Waals surface area contributed by atoms with Crippen LogP contribution < -0.4 is 5.73 Å². The Balaban J connectivity index is 3.02. The molecule has 0 radical (unpaired) electrons. The van der Waals surface area contributed by atoms with E-state index in [0.29, 0.717) is 0 Å². The molecule has 0 aromatic carbocycles. The summed E-state index contributed by atoms with van der Waals surface area (Å²) >= 11 is 3.97. The van der Waals surface area contributed by atoms with Gasteiger partial charge in [-0.2, -0.15) is 8.78 Å². The van der Waals surface area contributed by atoms with Gasteiger partial charge in [-0.05, 0) is 11.6 Å². The molecule has 1 nitrogen and oxygen atoms in total. The molecule has 0 aliphatic rings. The van der Waals surface area contributed by atoms with E-state index in [4.69, 9.17) is 0 Å². The third-order valence-corrected chi connectivity index (χ3v) is 0. The number of hydrogen-bond donors (Lipinski definition) is 1. The highest BCUT2D eigenvalue weighted by Crippen LogP contribution is 2.07. The average Bonchev–Trinajstić information content (AvgIpc) is 0.722. The lowest BCUT2D eigenvalue weighted by Gasteiger charge is -1.91. The quantitative estimate of drug-likeness (QED) is 0.353. The number of halogens is 3. The molecule has 0 heterocycles. The summed E-state index contributed by atoms with van der Waals surface area (Å²) in [6, 6.07) is 0. The van der Waals surface area contributed by atoms with Crippen LogP contribution >= 0.6 is 11.6 Å². The Hall–Kier alpha value is 0.110. The number of rotatable bonds is 0. The maximum atomic E-state index is 10.6. The predicted molar refractivity (Wildman–Crippen MR) is 15.0 cm³/mol. The second-order valence-corrected chi connectivity index (χ2v) is 1.05. The van der Waals surface area contributed by atoms with Gasteiger partial charge in [-0.1, -0.05) is 0 Å². The van der Waals surface area contributed by atoms with Crippen LogP contribution in [0.4, 0.5) is 8.78 Å². The second-order valence-electron chi connectivity index (χ2n) is 0.542. The van der Waals surface area contributed by atoms with Gasteiger partial charge in [0.2, 0.25) is 0 Å². The van der Waals surface area contributed by atoms with Crippen molar-refractivity contribution in [2.45, 2.75) is 5.51 Å². The standard InChI is InChI=1S/CH2ClF2N/c2-1(3,4)5/h5H2.